The fourth-order valence-electron chi connectivity index (χ4n) is 3.64. The molecule has 3 atom stereocenters. The smallest absolute Gasteiger partial charge is 0.123 e. The lowest BCUT2D eigenvalue weighted by Crippen LogP contribution is -2.45. The van der Waals surface area contributed by atoms with Crippen molar-refractivity contribution in [3.05, 3.63) is 35.6 Å². The van der Waals surface area contributed by atoms with Crippen molar-refractivity contribution in [3.8, 4) is 0 Å². The van der Waals surface area contributed by atoms with Gasteiger partial charge in [-0.05, 0) is 50.4 Å². The summed E-state index contributed by atoms with van der Waals surface area (Å²) in [5, 5.41) is 3.71. The van der Waals surface area contributed by atoms with E-state index in [1.165, 1.54) is 44.8 Å². The van der Waals surface area contributed by atoms with E-state index in [1.54, 1.807) is 12.1 Å². The molecular formula is C16H23FN2. The zero-order valence-electron chi connectivity index (χ0n) is 11.6. The van der Waals surface area contributed by atoms with E-state index >= 15 is 0 Å². The van der Waals surface area contributed by atoms with Crippen LogP contribution < -0.4 is 5.32 Å². The molecule has 2 aliphatic rings. The lowest BCUT2D eigenvalue weighted by molar-refractivity contribution is 0.177. The second-order valence-corrected chi connectivity index (χ2v) is 5.94. The molecule has 0 aliphatic carbocycles. The number of rotatable bonds is 3. The Morgan fingerprint density at radius 2 is 2.16 bits per heavy atom. The van der Waals surface area contributed by atoms with Crippen LogP contribution in [-0.4, -0.2) is 30.1 Å². The van der Waals surface area contributed by atoms with Gasteiger partial charge in [-0.1, -0.05) is 18.6 Å². The molecular weight excluding hydrogens is 239 g/mol. The number of piperidine rings is 1. The molecule has 2 nitrogen and oxygen atoms in total. The van der Waals surface area contributed by atoms with Gasteiger partial charge in [-0.2, -0.15) is 0 Å². The molecule has 19 heavy (non-hydrogen) atoms. The van der Waals surface area contributed by atoms with Crippen molar-refractivity contribution in [1.82, 2.24) is 10.2 Å². The molecule has 0 bridgehead atoms. The summed E-state index contributed by atoms with van der Waals surface area (Å²) in [5.41, 5.74) is 1.05. The maximum Gasteiger partial charge on any atom is 0.123 e. The second kappa shape index (κ2) is 5.59. The standard InChI is InChI=1S/C16H23FN2/c1-12(13-5-4-6-14(17)11-13)18-15-8-10-19-9-3-2-7-16(15)19/h4-6,11-12,15-16,18H,2-3,7-10H2,1H3. The van der Waals surface area contributed by atoms with Gasteiger partial charge in [-0.3, -0.25) is 4.90 Å². The normalized spacial score (nSPS) is 29.2. The molecule has 104 valence electrons. The quantitative estimate of drug-likeness (QED) is 0.900. The summed E-state index contributed by atoms with van der Waals surface area (Å²) in [4.78, 5) is 2.62. The zero-order chi connectivity index (χ0) is 13.2. The van der Waals surface area contributed by atoms with Crippen molar-refractivity contribution >= 4 is 0 Å². The molecule has 1 aromatic carbocycles. The minimum Gasteiger partial charge on any atom is -0.306 e. The molecule has 0 radical (unpaired) electrons. The topological polar surface area (TPSA) is 15.3 Å². The van der Waals surface area contributed by atoms with E-state index in [9.17, 15) is 4.39 Å². The first-order valence-electron chi connectivity index (χ1n) is 7.49. The fraction of sp³-hybridized carbons (Fsp3) is 0.625. The molecule has 0 aromatic heterocycles. The van der Waals surface area contributed by atoms with Crippen LogP contribution in [-0.2, 0) is 0 Å². The summed E-state index contributed by atoms with van der Waals surface area (Å²) in [5.74, 6) is -0.142. The molecule has 2 fully saturated rings. The molecule has 2 saturated heterocycles. The summed E-state index contributed by atoms with van der Waals surface area (Å²) in [6, 6.07) is 8.45. The second-order valence-electron chi connectivity index (χ2n) is 5.94. The van der Waals surface area contributed by atoms with E-state index in [4.69, 9.17) is 0 Å². The van der Waals surface area contributed by atoms with Gasteiger partial charge in [0.15, 0.2) is 0 Å². The molecule has 2 aliphatic heterocycles. The summed E-state index contributed by atoms with van der Waals surface area (Å²) < 4.78 is 13.3. The Morgan fingerprint density at radius 3 is 3.00 bits per heavy atom. The van der Waals surface area contributed by atoms with Crippen LogP contribution in [0.4, 0.5) is 4.39 Å². The molecule has 3 rings (SSSR count). The van der Waals surface area contributed by atoms with Crippen molar-refractivity contribution in [1.29, 1.82) is 0 Å². The first-order valence-corrected chi connectivity index (χ1v) is 7.49. The molecule has 3 unspecified atom stereocenters. The van der Waals surface area contributed by atoms with Crippen molar-refractivity contribution in [2.24, 2.45) is 0 Å². The molecule has 1 aromatic rings. The lowest BCUT2D eigenvalue weighted by Gasteiger charge is -2.34. The highest BCUT2D eigenvalue weighted by Gasteiger charge is 2.35. The van der Waals surface area contributed by atoms with Crippen molar-refractivity contribution < 1.29 is 4.39 Å². The van der Waals surface area contributed by atoms with Gasteiger partial charge in [0.2, 0.25) is 0 Å². The maximum absolute atomic E-state index is 13.3. The van der Waals surface area contributed by atoms with E-state index in [0.29, 0.717) is 12.1 Å². The van der Waals surface area contributed by atoms with Crippen molar-refractivity contribution in [2.75, 3.05) is 13.1 Å². The van der Waals surface area contributed by atoms with Gasteiger partial charge in [0, 0.05) is 24.7 Å². The van der Waals surface area contributed by atoms with Crippen LogP contribution in [0.2, 0.25) is 0 Å². The van der Waals surface area contributed by atoms with Crippen LogP contribution in [0.15, 0.2) is 24.3 Å². The van der Waals surface area contributed by atoms with E-state index in [-0.39, 0.29) is 11.9 Å². The maximum atomic E-state index is 13.3. The van der Waals surface area contributed by atoms with E-state index in [2.05, 4.69) is 17.1 Å². The van der Waals surface area contributed by atoms with Gasteiger partial charge in [0.05, 0.1) is 0 Å². The number of fused-ring (bicyclic) bond motifs is 1. The summed E-state index contributed by atoms with van der Waals surface area (Å²) in [7, 11) is 0. The Bertz CT molecular complexity index is 435. The minimum atomic E-state index is -0.142. The Hall–Kier alpha value is -0.930. The van der Waals surface area contributed by atoms with Gasteiger partial charge >= 0.3 is 0 Å². The van der Waals surface area contributed by atoms with Crippen LogP contribution in [0.25, 0.3) is 0 Å². The summed E-state index contributed by atoms with van der Waals surface area (Å²) in [6.07, 6.45) is 5.24. The Balaban J connectivity index is 1.65. The van der Waals surface area contributed by atoms with Crippen molar-refractivity contribution in [3.63, 3.8) is 0 Å². The first-order chi connectivity index (χ1) is 9.24. The monoisotopic (exact) mass is 262 g/mol. The van der Waals surface area contributed by atoms with Crippen molar-refractivity contribution in [2.45, 2.75) is 50.7 Å². The lowest BCUT2D eigenvalue weighted by atomic mass is 9.97. The highest BCUT2D eigenvalue weighted by molar-refractivity contribution is 5.20. The van der Waals surface area contributed by atoms with Gasteiger partial charge in [0.1, 0.15) is 5.82 Å². The van der Waals surface area contributed by atoms with E-state index in [0.717, 1.165) is 5.56 Å². The highest BCUT2D eigenvalue weighted by Crippen LogP contribution is 2.28. The Labute approximate surface area is 115 Å². The number of benzene rings is 1. The van der Waals surface area contributed by atoms with Crippen LogP contribution in [0.1, 0.15) is 44.2 Å². The van der Waals surface area contributed by atoms with Crippen LogP contribution in [0.5, 0.6) is 0 Å². The Morgan fingerprint density at radius 1 is 1.26 bits per heavy atom. The van der Waals surface area contributed by atoms with E-state index in [1.807, 2.05) is 6.07 Å². The predicted octanol–water partition coefficient (Wildman–Crippen LogP) is 3.10. The first kappa shape index (κ1) is 13.1. The molecule has 0 spiro atoms. The molecule has 2 heterocycles. The number of hydrogen-bond donors (Lipinski definition) is 1. The van der Waals surface area contributed by atoms with Gasteiger partial charge in [0.25, 0.3) is 0 Å². The van der Waals surface area contributed by atoms with Crippen LogP contribution >= 0.6 is 0 Å². The average Bonchev–Trinajstić information content (AvgIpc) is 2.82. The van der Waals surface area contributed by atoms with Gasteiger partial charge < -0.3 is 5.32 Å². The average molecular weight is 262 g/mol. The SMILES string of the molecule is CC(NC1CCN2CCCCC12)c1cccc(F)c1. The molecule has 3 heteroatoms. The Kier molecular flexibility index (Phi) is 3.85. The third-order valence-corrected chi connectivity index (χ3v) is 4.67. The van der Waals surface area contributed by atoms with E-state index < -0.39 is 0 Å². The summed E-state index contributed by atoms with van der Waals surface area (Å²) >= 11 is 0. The minimum absolute atomic E-state index is 0.142. The predicted molar refractivity (Wildman–Crippen MR) is 75.6 cm³/mol. The van der Waals surface area contributed by atoms with Gasteiger partial charge in [-0.15, -0.1) is 0 Å². The zero-order valence-corrected chi connectivity index (χ0v) is 11.6. The van der Waals surface area contributed by atoms with Gasteiger partial charge in [-0.25, -0.2) is 4.39 Å². The number of halogens is 1. The number of nitrogens with one attached hydrogen (secondary N) is 1. The summed E-state index contributed by atoms with van der Waals surface area (Å²) in [6.45, 7) is 4.62. The van der Waals surface area contributed by atoms with Crippen LogP contribution in [0, 0.1) is 5.82 Å². The number of hydrogen-bond acceptors (Lipinski definition) is 2. The molecule has 0 amide bonds. The molecule has 1 N–H and O–H groups in total. The third-order valence-electron chi connectivity index (χ3n) is 4.67. The molecule has 0 saturated carbocycles. The largest absolute Gasteiger partial charge is 0.306 e. The fourth-order valence-corrected chi connectivity index (χ4v) is 3.64. The van der Waals surface area contributed by atoms with Crippen LogP contribution in [0.3, 0.4) is 0 Å². The number of nitrogens with zero attached hydrogens (tertiary/aromatic N) is 1. The third kappa shape index (κ3) is 2.82. The highest BCUT2D eigenvalue weighted by atomic mass is 19.1.